The molecular weight excluding hydrogens is 262 g/mol. The van der Waals surface area contributed by atoms with Gasteiger partial charge in [-0.15, -0.1) is 0 Å². The van der Waals surface area contributed by atoms with Crippen molar-refractivity contribution in [2.75, 3.05) is 39.8 Å². The first kappa shape index (κ1) is 16.4. The number of carboxylic acid groups (broad SMARTS) is 1. The van der Waals surface area contributed by atoms with Gasteiger partial charge in [-0.3, -0.25) is 19.7 Å². The fourth-order valence-electron chi connectivity index (χ4n) is 2.08. The molecule has 1 aliphatic rings. The van der Waals surface area contributed by atoms with Crippen LogP contribution in [0.15, 0.2) is 0 Å². The first-order chi connectivity index (χ1) is 9.45. The number of nitrogens with zero attached hydrogens (tertiary/aromatic N) is 2. The van der Waals surface area contributed by atoms with E-state index >= 15 is 0 Å². The number of hydrogen-bond acceptors (Lipinski definition) is 4. The van der Waals surface area contributed by atoms with E-state index in [0.29, 0.717) is 32.5 Å². The fourth-order valence-corrected chi connectivity index (χ4v) is 2.08. The summed E-state index contributed by atoms with van der Waals surface area (Å²) >= 11 is 0. The van der Waals surface area contributed by atoms with E-state index < -0.39 is 5.97 Å². The molecule has 1 heterocycles. The number of piperidine rings is 1. The quantitative estimate of drug-likeness (QED) is 0.678. The summed E-state index contributed by atoms with van der Waals surface area (Å²) in [6.07, 6.45) is 0.997. The molecule has 0 aromatic carbocycles. The van der Waals surface area contributed by atoms with Gasteiger partial charge in [-0.25, -0.2) is 0 Å². The van der Waals surface area contributed by atoms with E-state index in [-0.39, 0.29) is 30.8 Å². The number of nitrogens with one attached hydrogen (secondary N) is 1. The minimum absolute atomic E-state index is 0.0510. The predicted octanol–water partition coefficient (Wildman–Crippen LogP) is -0.622. The smallest absolute Gasteiger partial charge is 0.306 e. The van der Waals surface area contributed by atoms with Crippen LogP contribution in [-0.2, 0) is 14.4 Å². The minimum Gasteiger partial charge on any atom is -0.481 e. The molecule has 0 aromatic rings. The van der Waals surface area contributed by atoms with E-state index in [1.54, 1.807) is 16.8 Å². The van der Waals surface area contributed by atoms with Crippen LogP contribution in [0.25, 0.3) is 0 Å². The lowest BCUT2D eigenvalue weighted by Crippen LogP contribution is -2.45. The van der Waals surface area contributed by atoms with Gasteiger partial charge in [0, 0.05) is 26.7 Å². The van der Waals surface area contributed by atoms with Crippen LogP contribution in [0.3, 0.4) is 0 Å². The first-order valence-corrected chi connectivity index (χ1v) is 6.91. The van der Waals surface area contributed by atoms with E-state index in [9.17, 15) is 14.4 Å². The summed E-state index contributed by atoms with van der Waals surface area (Å²) in [5, 5.41) is 11.7. The summed E-state index contributed by atoms with van der Waals surface area (Å²) < 4.78 is 0. The number of aliphatic carboxylic acids is 1. The molecule has 7 nitrogen and oxygen atoms in total. The van der Waals surface area contributed by atoms with E-state index in [4.69, 9.17) is 5.11 Å². The Labute approximate surface area is 118 Å². The van der Waals surface area contributed by atoms with Gasteiger partial charge < -0.3 is 14.9 Å². The summed E-state index contributed by atoms with van der Waals surface area (Å²) in [6, 6.07) is 0. The highest BCUT2D eigenvalue weighted by Gasteiger charge is 2.26. The maximum Gasteiger partial charge on any atom is 0.306 e. The molecule has 0 saturated carbocycles. The number of carbonyl (C=O) groups excluding carboxylic acids is 2. The summed E-state index contributed by atoms with van der Waals surface area (Å²) in [5.74, 6) is -1.26. The van der Waals surface area contributed by atoms with Gasteiger partial charge >= 0.3 is 5.97 Å². The summed E-state index contributed by atoms with van der Waals surface area (Å²) in [5.41, 5.74) is 0. The van der Waals surface area contributed by atoms with Crippen LogP contribution in [0.2, 0.25) is 0 Å². The average Bonchev–Trinajstić information content (AvgIpc) is 2.46. The molecule has 2 N–H and O–H groups in total. The number of carbonyl (C=O) groups is 3. The maximum absolute atomic E-state index is 11.9. The van der Waals surface area contributed by atoms with Gasteiger partial charge in [0.1, 0.15) is 0 Å². The molecule has 2 amide bonds. The van der Waals surface area contributed by atoms with Crippen molar-refractivity contribution in [1.29, 1.82) is 0 Å². The Morgan fingerprint density at radius 3 is 2.35 bits per heavy atom. The molecule has 20 heavy (non-hydrogen) atoms. The zero-order valence-electron chi connectivity index (χ0n) is 12.1. The molecule has 114 valence electrons. The van der Waals surface area contributed by atoms with Gasteiger partial charge in [0.25, 0.3) is 0 Å². The van der Waals surface area contributed by atoms with Crippen molar-refractivity contribution in [3.05, 3.63) is 0 Å². The molecule has 0 unspecified atom stereocenters. The van der Waals surface area contributed by atoms with Gasteiger partial charge in [0.2, 0.25) is 11.8 Å². The van der Waals surface area contributed by atoms with Crippen LogP contribution < -0.4 is 5.32 Å². The second kappa shape index (κ2) is 7.84. The Bertz CT molecular complexity index is 365. The Morgan fingerprint density at radius 1 is 1.25 bits per heavy atom. The highest BCUT2D eigenvalue weighted by molar-refractivity contribution is 5.81. The van der Waals surface area contributed by atoms with Crippen molar-refractivity contribution in [2.45, 2.75) is 19.8 Å². The summed E-state index contributed by atoms with van der Waals surface area (Å²) in [7, 11) is 1.71. The molecule has 0 atom stereocenters. The van der Waals surface area contributed by atoms with Gasteiger partial charge in [0.15, 0.2) is 0 Å². The third-order valence-corrected chi connectivity index (χ3v) is 3.65. The van der Waals surface area contributed by atoms with E-state index in [1.165, 1.54) is 0 Å². The monoisotopic (exact) mass is 285 g/mol. The molecule has 0 spiro atoms. The standard InChI is InChI=1S/C13H23N3O4/c1-3-15(2)11(17)8-14-9-12(18)16-6-4-10(5-7-16)13(19)20/h10,14H,3-9H2,1-2H3,(H,19,20). The second-order valence-electron chi connectivity index (χ2n) is 5.00. The van der Waals surface area contributed by atoms with E-state index in [1.807, 2.05) is 6.92 Å². The highest BCUT2D eigenvalue weighted by atomic mass is 16.4. The molecule has 0 radical (unpaired) electrons. The normalized spacial score (nSPS) is 16.0. The molecule has 1 fully saturated rings. The maximum atomic E-state index is 11.9. The number of rotatable bonds is 6. The molecule has 0 aromatic heterocycles. The lowest BCUT2D eigenvalue weighted by atomic mass is 9.97. The fraction of sp³-hybridized carbons (Fsp3) is 0.769. The van der Waals surface area contributed by atoms with Crippen LogP contribution in [0, 0.1) is 5.92 Å². The zero-order chi connectivity index (χ0) is 15.1. The van der Waals surface area contributed by atoms with Crippen LogP contribution in [-0.4, -0.2) is 72.5 Å². The Hall–Kier alpha value is -1.63. The Morgan fingerprint density at radius 2 is 1.85 bits per heavy atom. The number of carboxylic acids is 1. The van der Waals surface area contributed by atoms with Crippen molar-refractivity contribution in [3.63, 3.8) is 0 Å². The molecule has 1 aliphatic heterocycles. The van der Waals surface area contributed by atoms with Crippen molar-refractivity contribution in [3.8, 4) is 0 Å². The number of amides is 2. The van der Waals surface area contributed by atoms with Gasteiger partial charge in [0.05, 0.1) is 19.0 Å². The highest BCUT2D eigenvalue weighted by Crippen LogP contribution is 2.16. The molecule has 1 saturated heterocycles. The Kier molecular flexibility index (Phi) is 6.44. The minimum atomic E-state index is -0.788. The van der Waals surface area contributed by atoms with Gasteiger partial charge in [-0.1, -0.05) is 0 Å². The van der Waals surface area contributed by atoms with E-state index in [2.05, 4.69) is 5.32 Å². The lowest BCUT2D eigenvalue weighted by Gasteiger charge is -2.30. The average molecular weight is 285 g/mol. The van der Waals surface area contributed by atoms with Crippen molar-refractivity contribution < 1.29 is 19.5 Å². The van der Waals surface area contributed by atoms with Crippen molar-refractivity contribution in [2.24, 2.45) is 5.92 Å². The molecule has 0 bridgehead atoms. The molecule has 1 rings (SSSR count). The topological polar surface area (TPSA) is 90.0 Å². The lowest BCUT2D eigenvalue weighted by molar-refractivity contribution is -0.145. The number of hydrogen-bond donors (Lipinski definition) is 2. The Balaban J connectivity index is 2.24. The molecule has 0 aliphatic carbocycles. The predicted molar refractivity (Wildman–Crippen MR) is 73.1 cm³/mol. The third-order valence-electron chi connectivity index (χ3n) is 3.65. The summed E-state index contributed by atoms with van der Waals surface area (Å²) in [4.78, 5) is 37.5. The van der Waals surface area contributed by atoms with Crippen LogP contribution in [0.1, 0.15) is 19.8 Å². The van der Waals surface area contributed by atoms with E-state index in [0.717, 1.165) is 0 Å². The van der Waals surface area contributed by atoms with Crippen LogP contribution >= 0.6 is 0 Å². The van der Waals surface area contributed by atoms with Crippen molar-refractivity contribution >= 4 is 17.8 Å². The largest absolute Gasteiger partial charge is 0.481 e. The third kappa shape index (κ3) is 4.80. The second-order valence-corrected chi connectivity index (χ2v) is 5.00. The van der Waals surface area contributed by atoms with Gasteiger partial charge in [-0.05, 0) is 19.8 Å². The molecular formula is C13H23N3O4. The van der Waals surface area contributed by atoms with Crippen LogP contribution in [0.5, 0.6) is 0 Å². The summed E-state index contributed by atoms with van der Waals surface area (Å²) in [6.45, 7) is 3.72. The number of likely N-dealkylation sites (tertiary alicyclic amines) is 1. The first-order valence-electron chi connectivity index (χ1n) is 6.91. The van der Waals surface area contributed by atoms with Gasteiger partial charge in [-0.2, -0.15) is 0 Å². The molecule has 7 heteroatoms. The zero-order valence-corrected chi connectivity index (χ0v) is 12.1. The number of likely N-dealkylation sites (N-methyl/N-ethyl adjacent to an activating group) is 1. The SMILES string of the molecule is CCN(C)C(=O)CNCC(=O)N1CCC(C(=O)O)CC1. The van der Waals surface area contributed by atoms with Crippen molar-refractivity contribution in [1.82, 2.24) is 15.1 Å². The van der Waals surface area contributed by atoms with Crippen LogP contribution in [0.4, 0.5) is 0 Å².